The number of nitrogen functional groups attached to an aromatic ring is 1. The van der Waals surface area contributed by atoms with Gasteiger partial charge in [0.25, 0.3) is 0 Å². The first-order valence-electron chi connectivity index (χ1n) is 6.06. The van der Waals surface area contributed by atoms with Crippen LogP contribution in [-0.4, -0.2) is 28.1 Å². The fraction of sp³-hybridized carbons (Fsp3) is 0.538. The molecule has 2 N–H and O–H groups in total. The lowest BCUT2D eigenvalue weighted by Gasteiger charge is -2.31. The minimum atomic E-state index is -0.464. The molecule has 0 unspecified atom stereocenters. The quantitative estimate of drug-likeness (QED) is 0.763. The van der Waals surface area contributed by atoms with Gasteiger partial charge in [0.1, 0.15) is 11.4 Å². The lowest BCUT2D eigenvalue weighted by atomic mass is 10.0. The number of nitrogens with zero attached hydrogens (tertiary/aromatic N) is 2. The maximum absolute atomic E-state index is 12.0. The lowest BCUT2D eigenvalue weighted by molar-refractivity contribution is 0.0224. The molecule has 18 heavy (non-hydrogen) atoms. The third kappa shape index (κ3) is 2.91. The van der Waals surface area contributed by atoms with Crippen LogP contribution in [-0.2, 0) is 17.7 Å². The van der Waals surface area contributed by atoms with Gasteiger partial charge < -0.3 is 15.4 Å². The van der Waals surface area contributed by atoms with Gasteiger partial charge in [0.15, 0.2) is 0 Å². The van der Waals surface area contributed by atoms with Gasteiger partial charge in [-0.2, -0.15) is 0 Å². The maximum atomic E-state index is 12.0. The van der Waals surface area contributed by atoms with E-state index in [-0.39, 0.29) is 6.09 Å². The van der Waals surface area contributed by atoms with Crippen LogP contribution >= 0.6 is 0 Å². The topological polar surface area (TPSA) is 68.5 Å². The summed E-state index contributed by atoms with van der Waals surface area (Å²) < 4.78 is 5.36. The van der Waals surface area contributed by atoms with Gasteiger partial charge >= 0.3 is 6.09 Å². The van der Waals surface area contributed by atoms with Gasteiger partial charge in [0.2, 0.25) is 0 Å². The molecular formula is C13H19N3O2. The number of hydrogen-bond acceptors (Lipinski definition) is 4. The second-order valence-electron chi connectivity index (χ2n) is 5.53. The number of nitrogens with two attached hydrogens (primary N) is 1. The Bertz CT molecular complexity index is 466. The number of amides is 1. The Labute approximate surface area is 107 Å². The summed E-state index contributed by atoms with van der Waals surface area (Å²) in [6.45, 7) is 6.80. The van der Waals surface area contributed by atoms with Crippen molar-refractivity contribution in [1.29, 1.82) is 0 Å². The highest BCUT2D eigenvalue weighted by Crippen LogP contribution is 2.21. The van der Waals surface area contributed by atoms with Crippen molar-refractivity contribution in [3.05, 3.63) is 23.4 Å². The Morgan fingerprint density at radius 1 is 1.44 bits per heavy atom. The van der Waals surface area contributed by atoms with E-state index in [4.69, 9.17) is 10.5 Å². The van der Waals surface area contributed by atoms with Crippen molar-refractivity contribution in [3.63, 3.8) is 0 Å². The van der Waals surface area contributed by atoms with E-state index in [2.05, 4.69) is 4.98 Å². The summed E-state index contributed by atoms with van der Waals surface area (Å²) in [7, 11) is 0. The fourth-order valence-electron chi connectivity index (χ4n) is 1.94. The molecule has 1 aromatic rings. The van der Waals surface area contributed by atoms with E-state index >= 15 is 0 Å². The number of anilines is 1. The molecule has 1 aliphatic rings. The Morgan fingerprint density at radius 2 is 2.17 bits per heavy atom. The molecule has 0 fully saturated rings. The van der Waals surface area contributed by atoms with Gasteiger partial charge in [-0.1, -0.05) is 0 Å². The molecule has 0 saturated heterocycles. The Balaban J connectivity index is 2.09. The number of pyridine rings is 1. The van der Waals surface area contributed by atoms with E-state index in [1.54, 1.807) is 11.1 Å². The van der Waals surface area contributed by atoms with Crippen molar-refractivity contribution in [1.82, 2.24) is 9.88 Å². The van der Waals surface area contributed by atoms with Crippen LogP contribution in [0.4, 0.5) is 10.6 Å². The molecule has 5 heteroatoms. The number of fused-ring (bicyclic) bond motifs is 1. The van der Waals surface area contributed by atoms with Crippen LogP contribution < -0.4 is 5.73 Å². The molecule has 0 aromatic carbocycles. The normalized spacial score (nSPS) is 15.2. The molecular weight excluding hydrogens is 230 g/mol. The molecule has 0 bridgehead atoms. The summed E-state index contributed by atoms with van der Waals surface area (Å²) >= 11 is 0. The summed E-state index contributed by atoms with van der Waals surface area (Å²) in [4.78, 5) is 17.7. The number of ether oxygens (including phenoxy) is 1. The van der Waals surface area contributed by atoms with Crippen LogP contribution in [0.5, 0.6) is 0 Å². The Kier molecular flexibility index (Phi) is 3.15. The highest BCUT2D eigenvalue weighted by atomic mass is 16.6. The van der Waals surface area contributed by atoms with Gasteiger partial charge in [-0.3, -0.25) is 0 Å². The molecule has 0 saturated carbocycles. The number of aromatic nitrogens is 1. The van der Waals surface area contributed by atoms with E-state index in [1.807, 2.05) is 26.8 Å². The average Bonchev–Trinajstić information content (AvgIpc) is 2.25. The zero-order valence-corrected chi connectivity index (χ0v) is 11.1. The molecule has 2 heterocycles. The zero-order chi connectivity index (χ0) is 13.3. The van der Waals surface area contributed by atoms with E-state index in [0.717, 1.165) is 17.5 Å². The van der Waals surface area contributed by atoms with Gasteiger partial charge in [0.05, 0.1) is 0 Å². The highest BCUT2D eigenvalue weighted by Gasteiger charge is 2.25. The summed E-state index contributed by atoms with van der Waals surface area (Å²) in [5.41, 5.74) is 7.41. The van der Waals surface area contributed by atoms with Gasteiger partial charge in [0, 0.05) is 19.3 Å². The number of carbonyl (C=O) groups is 1. The molecule has 2 rings (SSSR count). The standard InChI is InChI=1S/C13H19N3O2/c1-13(2,3)18-12(17)16-5-4-9-7-15-11(14)6-10(9)8-16/h6-7H,4-5,8H2,1-3H3,(H2,14,15). The first-order chi connectivity index (χ1) is 8.35. The van der Waals surface area contributed by atoms with Crippen molar-refractivity contribution in [2.45, 2.75) is 39.3 Å². The highest BCUT2D eigenvalue weighted by molar-refractivity contribution is 5.68. The summed E-state index contributed by atoms with van der Waals surface area (Å²) in [6, 6.07) is 1.83. The molecule has 0 spiro atoms. The summed E-state index contributed by atoms with van der Waals surface area (Å²) in [5, 5.41) is 0. The fourth-order valence-corrected chi connectivity index (χ4v) is 1.94. The van der Waals surface area contributed by atoms with Crippen LogP contribution in [0.15, 0.2) is 12.3 Å². The SMILES string of the molecule is CC(C)(C)OC(=O)N1CCc2cnc(N)cc2C1. The average molecular weight is 249 g/mol. The number of rotatable bonds is 0. The van der Waals surface area contributed by atoms with Crippen LogP contribution in [0.1, 0.15) is 31.9 Å². The third-order valence-corrected chi connectivity index (χ3v) is 2.77. The van der Waals surface area contributed by atoms with E-state index in [0.29, 0.717) is 18.9 Å². The van der Waals surface area contributed by atoms with Crippen molar-refractivity contribution >= 4 is 11.9 Å². The molecule has 1 aromatic heterocycles. The smallest absolute Gasteiger partial charge is 0.410 e. The van der Waals surface area contributed by atoms with Crippen molar-refractivity contribution in [2.24, 2.45) is 0 Å². The van der Waals surface area contributed by atoms with E-state index in [9.17, 15) is 4.79 Å². The minimum absolute atomic E-state index is 0.275. The van der Waals surface area contributed by atoms with Crippen molar-refractivity contribution in [2.75, 3.05) is 12.3 Å². The van der Waals surface area contributed by atoms with E-state index in [1.165, 1.54) is 0 Å². The Hall–Kier alpha value is -1.78. The van der Waals surface area contributed by atoms with Crippen LogP contribution in [0.3, 0.4) is 0 Å². The van der Waals surface area contributed by atoms with Crippen molar-refractivity contribution < 1.29 is 9.53 Å². The predicted molar refractivity (Wildman–Crippen MR) is 69.0 cm³/mol. The number of carbonyl (C=O) groups excluding carboxylic acids is 1. The van der Waals surface area contributed by atoms with Crippen LogP contribution in [0.25, 0.3) is 0 Å². The summed E-state index contributed by atoms with van der Waals surface area (Å²) in [5.74, 6) is 0.486. The predicted octanol–water partition coefficient (Wildman–Crippen LogP) is 1.96. The monoisotopic (exact) mass is 249 g/mol. The molecule has 0 aliphatic carbocycles. The molecule has 0 radical (unpaired) electrons. The third-order valence-electron chi connectivity index (χ3n) is 2.77. The molecule has 1 amide bonds. The van der Waals surface area contributed by atoms with Crippen molar-refractivity contribution in [3.8, 4) is 0 Å². The van der Waals surface area contributed by atoms with E-state index < -0.39 is 5.60 Å². The first-order valence-corrected chi connectivity index (χ1v) is 6.06. The molecule has 5 nitrogen and oxygen atoms in total. The largest absolute Gasteiger partial charge is 0.444 e. The summed E-state index contributed by atoms with van der Waals surface area (Å²) in [6.07, 6.45) is 2.31. The van der Waals surface area contributed by atoms with Crippen LogP contribution in [0.2, 0.25) is 0 Å². The minimum Gasteiger partial charge on any atom is -0.444 e. The second-order valence-corrected chi connectivity index (χ2v) is 5.53. The van der Waals surface area contributed by atoms with Crippen LogP contribution in [0, 0.1) is 0 Å². The Morgan fingerprint density at radius 3 is 2.83 bits per heavy atom. The van der Waals surface area contributed by atoms with Gasteiger partial charge in [-0.05, 0) is 44.4 Å². The van der Waals surface area contributed by atoms with Gasteiger partial charge in [-0.15, -0.1) is 0 Å². The lowest BCUT2D eigenvalue weighted by Crippen LogP contribution is -2.39. The second kappa shape index (κ2) is 4.48. The number of hydrogen-bond donors (Lipinski definition) is 1. The maximum Gasteiger partial charge on any atom is 0.410 e. The molecule has 98 valence electrons. The molecule has 0 atom stereocenters. The zero-order valence-electron chi connectivity index (χ0n) is 11.1. The van der Waals surface area contributed by atoms with Gasteiger partial charge in [-0.25, -0.2) is 9.78 Å². The molecule has 1 aliphatic heterocycles. The first kappa shape index (κ1) is 12.7.